The van der Waals surface area contributed by atoms with Gasteiger partial charge in [0.15, 0.2) is 0 Å². The number of fused-ring (bicyclic) bond motifs is 2. The zero-order valence-electron chi connectivity index (χ0n) is 12.4. The largest absolute Gasteiger partial charge is 0.481 e. The zero-order chi connectivity index (χ0) is 15.1. The Bertz CT molecular complexity index is 596. The molecule has 2 aliphatic rings. The first-order valence-electron chi connectivity index (χ1n) is 7.58. The Kier molecular flexibility index (Phi) is 3.47. The van der Waals surface area contributed by atoms with E-state index >= 15 is 0 Å². The molecule has 21 heavy (non-hydrogen) atoms. The van der Waals surface area contributed by atoms with Gasteiger partial charge in [-0.3, -0.25) is 9.59 Å². The smallest absolute Gasteiger partial charge is 0.308 e. The summed E-state index contributed by atoms with van der Waals surface area (Å²) in [5.74, 6) is -0.771. The summed E-state index contributed by atoms with van der Waals surface area (Å²) in [4.78, 5) is 24.0. The number of aryl methyl sites for hydroxylation is 2. The highest BCUT2D eigenvalue weighted by molar-refractivity contribution is 5.96. The minimum Gasteiger partial charge on any atom is -0.481 e. The maximum Gasteiger partial charge on any atom is 0.308 e. The van der Waals surface area contributed by atoms with E-state index in [4.69, 9.17) is 0 Å². The monoisotopic (exact) mass is 287 g/mol. The number of benzene rings is 1. The molecule has 2 saturated carbocycles. The zero-order valence-corrected chi connectivity index (χ0v) is 12.4. The number of carbonyl (C=O) groups excluding carboxylic acids is 1. The van der Waals surface area contributed by atoms with E-state index in [1.807, 2.05) is 32.0 Å². The van der Waals surface area contributed by atoms with Crippen LogP contribution in [0.1, 0.15) is 40.7 Å². The summed E-state index contributed by atoms with van der Waals surface area (Å²) in [5, 5.41) is 12.4. The van der Waals surface area contributed by atoms with Gasteiger partial charge in [0, 0.05) is 11.6 Å². The molecule has 4 heteroatoms. The van der Waals surface area contributed by atoms with Crippen molar-refractivity contribution >= 4 is 11.9 Å². The fraction of sp³-hybridized carbons (Fsp3) is 0.529. The molecule has 0 spiro atoms. The second-order valence-corrected chi connectivity index (χ2v) is 6.51. The molecule has 0 aliphatic heterocycles. The Hall–Kier alpha value is -1.84. The van der Waals surface area contributed by atoms with E-state index in [-0.39, 0.29) is 17.9 Å². The molecule has 4 unspecified atom stereocenters. The van der Waals surface area contributed by atoms with Gasteiger partial charge in [0.25, 0.3) is 5.91 Å². The lowest BCUT2D eigenvalue weighted by molar-refractivity contribution is -0.144. The highest BCUT2D eigenvalue weighted by Crippen LogP contribution is 2.48. The van der Waals surface area contributed by atoms with Gasteiger partial charge >= 0.3 is 5.97 Å². The average Bonchev–Trinajstić information content (AvgIpc) is 3.02. The van der Waals surface area contributed by atoms with Gasteiger partial charge in [-0.05, 0) is 56.6 Å². The number of nitrogens with one attached hydrogen (secondary N) is 1. The van der Waals surface area contributed by atoms with Crippen molar-refractivity contribution in [2.45, 2.75) is 39.2 Å². The summed E-state index contributed by atoms with van der Waals surface area (Å²) in [6.45, 7) is 3.86. The molecule has 0 saturated heterocycles. The lowest BCUT2D eigenvalue weighted by Gasteiger charge is -2.29. The van der Waals surface area contributed by atoms with Crippen LogP contribution in [0, 0.1) is 31.6 Å². The number of carboxylic acid groups (broad SMARTS) is 1. The van der Waals surface area contributed by atoms with Gasteiger partial charge in [-0.25, -0.2) is 0 Å². The molecule has 0 radical (unpaired) electrons. The average molecular weight is 287 g/mol. The van der Waals surface area contributed by atoms with Gasteiger partial charge in [0.1, 0.15) is 0 Å². The van der Waals surface area contributed by atoms with Crippen molar-refractivity contribution in [3.05, 3.63) is 34.9 Å². The van der Waals surface area contributed by atoms with Crippen molar-refractivity contribution in [3.8, 4) is 0 Å². The minimum atomic E-state index is -0.770. The number of carbonyl (C=O) groups is 2. The van der Waals surface area contributed by atoms with Gasteiger partial charge in [0.05, 0.1) is 5.92 Å². The van der Waals surface area contributed by atoms with Crippen molar-refractivity contribution in [1.29, 1.82) is 0 Å². The molecule has 2 aliphatic carbocycles. The van der Waals surface area contributed by atoms with E-state index in [0.29, 0.717) is 11.5 Å². The second-order valence-electron chi connectivity index (χ2n) is 6.51. The molecule has 3 rings (SSSR count). The van der Waals surface area contributed by atoms with Gasteiger partial charge in [-0.15, -0.1) is 0 Å². The second kappa shape index (κ2) is 5.17. The van der Waals surface area contributed by atoms with Crippen molar-refractivity contribution in [2.24, 2.45) is 17.8 Å². The van der Waals surface area contributed by atoms with Crippen molar-refractivity contribution in [1.82, 2.24) is 5.32 Å². The number of carboxylic acids is 1. The van der Waals surface area contributed by atoms with Gasteiger partial charge in [0.2, 0.25) is 0 Å². The number of hydrogen-bond donors (Lipinski definition) is 2. The van der Waals surface area contributed by atoms with Crippen LogP contribution in [0.4, 0.5) is 0 Å². The third-order valence-electron chi connectivity index (χ3n) is 5.14. The normalized spacial score (nSPS) is 30.4. The van der Waals surface area contributed by atoms with E-state index in [2.05, 4.69) is 5.32 Å². The van der Waals surface area contributed by atoms with Gasteiger partial charge < -0.3 is 10.4 Å². The highest BCUT2D eigenvalue weighted by atomic mass is 16.4. The maximum atomic E-state index is 12.5. The summed E-state index contributed by atoms with van der Waals surface area (Å²) in [6, 6.07) is 5.56. The molecule has 0 aromatic heterocycles. The van der Waals surface area contributed by atoms with E-state index in [9.17, 15) is 14.7 Å². The molecular weight excluding hydrogens is 266 g/mol. The number of rotatable bonds is 3. The summed E-state index contributed by atoms with van der Waals surface area (Å²) >= 11 is 0. The molecule has 4 atom stereocenters. The molecule has 112 valence electrons. The van der Waals surface area contributed by atoms with Crippen LogP contribution in [0.15, 0.2) is 18.2 Å². The minimum absolute atomic E-state index is 0.139. The Labute approximate surface area is 124 Å². The highest BCUT2D eigenvalue weighted by Gasteiger charge is 2.51. The van der Waals surface area contributed by atoms with Gasteiger partial charge in [-0.2, -0.15) is 0 Å². The molecular formula is C17H21NO3. The quantitative estimate of drug-likeness (QED) is 0.897. The fourth-order valence-electron chi connectivity index (χ4n) is 4.06. The van der Waals surface area contributed by atoms with Crippen molar-refractivity contribution in [3.63, 3.8) is 0 Å². The fourth-order valence-corrected chi connectivity index (χ4v) is 4.06. The first-order chi connectivity index (χ1) is 9.97. The first kappa shape index (κ1) is 14.1. The standard InChI is InChI=1S/C17H21NO3/c1-9-3-4-10(2)13(7-9)16(19)18-15-12-6-5-11(8-12)14(15)17(20)21/h3-4,7,11-12,14-15H,5-6,8H2,1-2H3,(H,18,19)(H,20,21). The molecule has 2 fully saturated rings. The van der Waals surface area contributed by atoms with Crippen LogP contribution in [0.25, 0.3) is 0 Å². The maximum absolute atomic E-state index is 12.5. The summed E-state index contributed by atoms with van der Waals surface area (Å²) in [6.07, 6.45) is 2.96. The van der Waals surface area contributed by atoms with Crippen LogP contribution in [-0.4, -0.2) is 23.0 Å². The molecule has 4 nitrogen and oxygen atoms in total. The summed E-state index contributed by atoms with van der Waals surface area (Å²) in [7, 11) is 0. The summed E-state index contributed by atoms with van der Waals surface area (Å²) in [5.41, 5.74) is 2.61. The van der Waals surface area contributed by atoms with E-state index < -0.39 is 11.9 Å². The van der Waals surface area contributed by atoms with Gasteiger partial charge in [-0.1, -0.05) is 17.7 Å². The van der Waals surface area contributed by atoms with Crippen LogP contribution in [0.3, 0.4) is 0 Å². The predicted octanol–water partition coefficient (Wildman–Crippen LogP) is 2.53. The molecule has 1 aromatic rings. The predicted molar refractivity (Wildman–Crippen MR) is 79.1 cm³/mol. The third kappa shape index (κ3) is 2.43. The molecule has 1 amide bonds. The van der Waals surface area contributed by atoms with Crippen LogP contribution in [0.2, 0.25) is 0 Å². The Morgan fingerprint density at radius 1 is 1.19 bits per heavy atom. The van der Waals surface area contributed by atoms with Crippen LogP contribution in [-0.2, 0) is 4.79 Å². The Morgan fingerprint density at radius 2 is 1.90 bits per heavy atom. The van der Waals surface area contributed by atoms with Crippen LogP contribution >= 0.6 is 0 Å². The SMILES string of the molecule is Cc1ccc(C)c(C(=O)NC2C3CCC(C3)C2C(=O)O)c1. The van der Waals surface area contributed by atoms with Crippen molar-refractivity contribution < 1.29 is 14.7 Å². The Morgan fingerprint density at radius 3 is 2.62 bits per heavy atom. The lowest BCUT2D eigenvalue weighted by Crippen LogP contribution is -2.47. The number of amides is 1. The molecule has 2 N–H and O–H groups in total. The topological polar surface area (TPSA) is 66.4 Å². The molecule has 2 bridgehead atoms. The van der Waals surface area contributed by atoms with Crippen LogP contribution < -0.4 is 5.32 Å². The first-order valence-corrected chi connectivity index (χ1v) is 7.58. The third-order valence-corrected chi connectivity index (χ3v) is 5.14. The lowest BCUT2D eigenvalue weighted by atomic mass is 9.84. The number of hydrogen-bond acceptors (Lipinski definition) is 2. The summed E-state index contributed by atoms with van der Waals surface area (Å²) < 4.78 is 0. The molecule has 0 heterocycles. The van der Waals surface area contributed by atoms with E-state index in [0.717, 1.165) is 30.4 Å². The van der Waals surface area contributed by atoms with Crippen LogP contribution in [0.5, 0.6) is 0 Å². The van der Waals surface area contributed by atoms with Crippen molar-refractivity contribution in [2.75, 3.05) is 0 Å². The Balaban J connectivity index is 1.81. The number of aliphatic carboxylic acids is 1. The molecule has 1 aromatic carbocycles. The van der Waals surface area contributed by atoms with E-state index in [1.54, 1.807) is 0 Å². The van der Waals surface area contributed by atoms with E-state index in [1.165, 1.54) is 0 Å².